The van der Waals surface area contributed by atoms with Gasteiger partial charge in [-0.2, -0.15) is 0 Å². The highest BCUT2D eigenvalue weighted by Crippen LogP contribution is 2.14. The highest BCUT2D eigenvalue weighted by Gasteiger charge is 2.13. The summed E-state index contributed by atoms with van der Waals surface area (Å²) in [5.74, 6) is -0.417. The normalized spacial score (nSPS) is 12.4. The lowest BCUT2D eigenvalue weighted by Crippen LogP contribution is -2.33. The number of methoxy groups -OCH3 is 1. The molecule has 0 aliphatic rings. The van der Waals surface area contributed by atoms with Crippen molar-refractivity contribution in [1.82, 2.24) is 10.3 Å². The summed E-state index contributed by atoms with van der Waals surface area (Å²) < 4.78 is 4.54. The van der Waals surface area contributed by atoms with E-state index in [1.54, 1.807) is 0 Å². The maximum atomic E-state index is 11.3. The first-order valence-corrected chi connectivity index (χ1v) is 4.71. The van der Waals surface area contributed by atoms with E-state index in [1.807, 2.05) is 0 Å². The minimum Gasteiger partial charge on any atom is -0.389 e. The van der Waals surface area contributed by atoms with Crippen LogP contribution >= 0.6 is 11.3 Å². The lowest BCUT2D eigenvalue weighted by Gasteiger charge is -2.08. The summed E-state index contributed by atoms with van der Waals surface area (Å²) in [4.78, 5) is 15.1. The number of amides is 1. The number of nitrogens with one attached hydrogen (secondary N) is 1. The molecule has 0 aliphatic carbocycles. The molecule has 14 heavy (non-hydrogen) atoms. The van der Waals surface area contributed by atoms with E-state index >= 15 is 0 Å². The summed E-state index contributed by atoms with van der Waals surface area (Å²) in [5, 5.41) is 11.8. The summed E-state index contributed by atoms with van der Waals surface area (Å²) in [6.07, 6.45) is -1.01. The standard InChI is InChI=1S/C7H11N3O3S/c1-13-4(11)2-9-7(12)5-6(8)14-3-10-5/h3-4,11H,2,8H2,1H3,(H,9,12). The molecule has 0 saturated carbocycles. The van der Waals surface area contributed by atoms with Crippen LogP contribution in [0.3, 0.4) is 0 Å². The molecule has 1 aromatic rings. The van der Waals surface area contributed by atoms with Gasteiger partial charge in [0.1, 0.15) is 5.00 Å². The van der Waals surface area contributed by atoms with Gasteiger partial charge in [0.05, 0.1) is 12.1 Å². The fraction of sp³-hybridized carbons (Fsp3) is 0.429. The van der Waals surface area contributed by atoms with Crippen molar-refractivity contribution in [2.75, 3.05) is 19.4 Å². The van der Waals surface area contributed by atoms with Crippen molar-refractivity contribution < 1.29 is 14.6 Å². The van der Waals surface area contributed by atoms with Gasteiger partial charge in [0.2, 0.25) is 0 Å². The third kappa shape index (κ3) is 2.66. The molecule has 0 fully saturated rings. The minimum absolute atomic E-state index is 0.00625. The number of thiazole rings is 1. The van der Waals surface area contributed by atoms with Gasteiger partial charge in [-0.1, -0.05) is 0 Å². The van der Waals surface area contributed by atoms with Crippen LogP contribution in [-0.4, -0.2) is 35.9 Å². The van der Waals surface area contributed by atoms with Crippen LogP contribution < -0.4 is 11.1 Å². The zero-order valence-corrected chi connectivity index (χ0v) is 8.37. The molecule has 0 saturated heterocycles. The number of nitrogen functional groups attached to an aromatic ring is 1. The van der Waals surface area contributed by atoms with Gasteiger partial charge in [0, 0.05) is 7.11 Å². The monoisotopic (exact) mass is 217 g/mol. The Morgan fingerprint density at radius 1 is 1.93 bits per heavy atom. The van der Waals surface area contributed by atoms with Gasteiger partial charge in [-0.05, 0) is 0 Å². The highest BCUT2D eigenvalue weighted by molar-refractivity contribution is 7.14. The molecule has 0 aliphatic heterocycles. The Morgan fingerprint density at radius 3 is 3.14 bits per heavy atom. The predicted octanol–water partition coefficient (Wildman–Crippen LogP) is -0.580. The number of carbonyl (C=O) groups is 1. The van der Waals surface area contributed by atoms with Crippen LogP contribution in [0.2, 0.25) is 0 Å². The van der Waals surface area contributed by atoms with E-state index in [2.05, 4.69) is 15.0 Å². The van der Waals surface area contributed by atoms with Crippen molar-refractivity contribution in [2.24, 2.45) is 0 Å². The van der Waals surface area contributed by atoms with Crippen LogP contribution in [0.1, 0.15) is 10.5 Å². The van der Waals surface area contributed by atoms with Crippen LogP contribution in [0.4, 0.5) is 5.00 Å². The first-order chi connectivity index (χ1) is 6.65. The van der Waals surface area contributed by atoms with E-state index in [9.17, 15) is 4.79 Å². The number of hydrogen-bond donors (Lipinski definition) is 3. The number of anilines is 1. The molecule has 1 aromatic heterocycles. The molecule has 4 N–H and O–H groups in total. The third-order valence-corrected chi connectivity index (χ3v) is 2.18. The van der Waals surface area contributed by atoms with Crippen molar-refractivity contribution in [3.05, 3.63) is 11.2 Å². The van der Waals surface area contributed by atoms with Gasteiger partial charge in [-0.3, -0.25) is 4.79 Å². The second-order valence-corrected chi connectivity index (χ2v) is 3.35. The van der Waals surface area contributed by atoms with E-state index < -0.39 is 12.2 Å². The van der Waals surface area contributed by atoms with Crippen molar-refractivity contribution >= 4 is 22.2 Å². The molecule has 1 unspecified atom stereocenters. The van der Waals surface area contributed by atoms with Crippen LogP contribution in [0.25, 0.3) is 0 Å². The molecule has 6 nitrogen and oxygen atoms in total. The molecular formula is C7H11N3O3S. The van der Waals surface area contributed by atoms with E-state index in [0.717, 1.165) is 0 Å². The Balaban J connectivity index is 2.47. The number of rotatable bonds is 4. The Hall–Kier alpha value is -1.18. The van der Waals surface area contributed by atoms with Crippen molar-refractivity contribution in [2.45, 2.75) is 6.29 Å². The second-order valence-electron chi connectivity index (χ2n) is 2.47. The Kier molecular flexibility index (Phi) is 3.81. The first kappa shape index (κ1) is 10.9. The average molecular weight is 217 g/mol. The summed E-state index contributed by atoms with van der Waals surface area (Å²) in [5.41, 5.74) is 7.14. The molecule has 0 bridgehead atoms. The lowest BCUT2D eigenvalue weighted by molar-refractivity contribution is -0.0694. The van der Waals surface area contributed by atoms with E-state index in [0.29, 0.717) is 5.00 Å². The molecule has 0 spiro atoms. The van der Waals surface area contributed by atoms with Gasteiger partial charge in [0.25, 0.3) is 5.91 Å². The Labute approximate surface area is 84.7 Å². The number of hydrogen-bond acceptors (Lipinski definition) is 6. The van der Waals surface area contributed by atoms with Crippen LogP contribution in [0, 0.1) is 0 Å². The van der Waals surface area contributed by atoms with Crippen molar-refractivity contribution in [3.8, 4) is 0 Å². The fourth-order valence-electron chi connectivity index (χ4n) is 0.773. The first-order valence-electron chi connectivity index (χ1n) is 3.83. The summed E-state index contributed by atoms with van der Waals surface area (Å²) >= 11 is 1.18. The predicted molar refractivity (Wildman–Crippen MR) is 51.9 cm³/mol. The number of carbonyl (C=O) groups excluding carboxylic acids is 1. The van der Waals surface area contributed by atoms with Crippen molar-refractivity contribution in [3.63, 3.8) is 0 Å². The average Bonchev–Trinajstić information content (AvgIpc) is 2.60. The number of aliphatic hydroxyl groups excluding tert-OH is 1. The topological polar surface area (TPSA) is 97.5 Å². The molecule has 0 radical (unpaired) electrons. The number of aliphatic hydroxyl groups is 1. The number of nitrogens with zero attached hydrogens (tertiary/aromatic N) is 1. The number of nitrogens with two attached hydrogens (primary N) is 1. The third-order valence-electron chi connectivity index (χ3n) is 1.52. The van der Waals surface area contributed by atoms with E-state index in [1.165, 1.54) is 24.0 Å². The number of ether oxygens (including phenoxy) is 1. The second kappa shape index (κ2) is 4.89. The zero-order valence-electron chi connectivity index (χ0n) is 7.56. The van der Waals surface area contributed by atoms with Crippen molar-refractivity contribution in [1.29, 1.82) is 0 Å². The van der Waals surface area contributed by atoms with Crippen LogP contribution in [-0.2, 0) is 4.74 Å². The lowest BCUT2D eigenvalue weighted by atomic mass is 10.4. The smallest absolute Gasteiger partial charge is 0.273 e. The fourth-order valence-corrected chi connectivity index (χ4v) is 1.30. The highest BCUT2D eigenvalue weighted by atomic mass is 32.1. The quantitative estimate of drug-likeness (QED) is 0.586. The maximum absolute atomic E-state index is 11.3. The Bertz CT molecular complexity index is 315. The van der Waals surface area contributed by atoms with Gasteiger partial charge in [-0.25, -0.2) is 4.98 Å². The summed E-state index contributed by atoms with van der Waals surface area (Å²) in [6.45, 7) is 0.00625. The van der Waals surface area contributed by atoms with Crippen LogP contribution in [0.5, 0.6) is 0 Å². The molecule has 7 heteroatoms. The zero-order chi connectivity index (χ0) is 10.6. The molecule has 1 heterocycles. The Morgan fingerprint density at radius 2 is 2.64 bits per heavy atom. The molecule has 78 valence electrons. The summed E-state index contributed by atoms with van der Waals surface area (Å²) in [6, 6.07) is 0. The van der Waals surface area contributed by atoms with Gasteiger partial charge < -0.3 is 20.9 Å². The minimum atomic E-state index is -1.01. The molecule has 1 amide bonds. The largest absolute Gasteiger partial charge is 0.389 e. The summed E-state index contributed by atoms with van der Waals surface area (Å²) in [7, 11) is 1.34. The molecular weight excluding hydrogens is 206 g/mol. The van der Waals surface area contributed by atoms with Gasteiger partial charge in [0.15, 0.2) is 12.0 Å². The molecule has 1 rings (SSSR count). The van der Waals surface area contributed by atoms with Crippen LogP contribution in [0.15, 0.2) is 5.51 Å². The molecule has 1 atom stereocenters. The number of aromatic nitrogens is 1. The van der Waals surface area contributed by atoms with Gasteiger partial charge in [-0.15, -0.1) is 11.3 Å². The van der Waals surface area contributed by atoms with E-state index in [-0.39, 0.29) is 12.2 Å². The SMILES string of the molecule is COC(O)CNC(=O)c1ncsc1N. The van der Waals surface area contributed by atoms with Gasteiger partial charge >= 0.3 is 0 Å². The van der Waals surface area contributed by atoms with E-state index in [4.69, 9.17) is 10.8 Å². The maximum Gasteiger partial charge on any atom is 0.273 e. The molecule has 0 aromatic carbocycles.